The first-order chi connectivity index (χ1) is 20.1. The van der Waals surface area contributed by atoms with Crippen LogP contribution in [0.4, 0.5) is 0 Å². The number of aliphatic hydroxyl groups is 1. The minimum absolute atomic E-state index is 0.139. The number of amides is 6. The molecule has 0 bridgehead atoms. The van der Waals surface area contributed by atoms with Crippen LogP contribution in [0.2, 0.25) is 0 Å². The number of carbonyl (C=O) groups is 6. The highest BCUT2D eigenvalue weighted by molar-refractivity contribution is 5.95. The van der Waals surface area contributed by atoms with Crippen LogP contribution in [0.25, 0.3) is 0 Å². The summed E-state index contributed by atoms with van der Waals surface area (Å²) in [6.45, 7) is 9.92. The van der Waals surface area contributed by atoms with Crippen LogP contribution < -0.4 is 43.8 Å². The molecule has 6 atom stereocenters. The Kier molecular flexibility index (Phi) is 19.0. The number of unbranched alkanes of at least 4 members (excludes halogenated alkanes) is 1. The molecule has 0 saturated heterocycles. The average Bonchev–Trinajstić information content (AvgIpc) is 2.93. The van der Waals surface area contributed by atoms with Gasteiger partial charge in [0.1, 0.15) is 24.2 Å². The number of nitrogens with one attached hydrogen (secondary N) is 5. The lowest BCUT2D eigenvalue weighted by atomic mass is 9.97. The van der Waals surface area contributed by atoms with Crippen molar-refractivity contribution < 1.29 is 33.9 Å². The molecular formula is C28H54N8O7. The Morgan fingerprint density at radius 2 is 1.35 bits per heavy atom. The molecule has 15 heteroatoms. The third kappa shape index (κ3) is 15.1. The standard InChI is InChI=1S/C28H54N8O7/c1-7-17(6)23(36-27(42)20(14-37)34-25(40)18(30)12-15(2)3)28(43)32-13-21(38)33-19(10-8-9-11-29)26(41)35-22(16(4)5)24(31)39/h15-20,22-23,37H,7-14,29-30H2,1-6H3,(H2,31,39)(H,32,43)(H,33,38)(H,34,40)(H,35,41)(H,36,42). The van der Waals surface area contributed by atoms with Gasteiger partial charge in [0.2, 0.25) is 35.4 Å². The SMILES string of the molecule is CCC(C)C(NC(=O)C(CO)NC(=O)C(N)CC(C)C)C(=O)NCC(=O)NC(CCCCN)C(=O)NC(C(N)=O)C(C)C. The maximum Gasteiger partial charge on any atom is 0.245 e. The second-order valence-corrected chi connectivity index (χ2v) is 11.6. The zero-order valence-corrected chi connectivity index (χ0v) is 26.4. The topological polar surface area (TPSA) is 261 Å². The maximum atomic E-state index is 13.1. The van der Waals surface area contributed by atoms with E-state index in [4.69, 9.17) is 17.2 Å². The van der Waals surface area contributed by atoms with Crippen LogP contribution in [0.1, 0.15) is 73.6 Å². The average molecular weight is 615 g/mol. The number of carbonyl (C=O) groups excluding carboxylic acids is 6. The van der Waals surface area contributed by atoms with E-state index in [1.54, 1.807) is 27.7 Å². The number of rotatable bonds is 21. The third-order valence-electron chi connectivity index (χ3n) is 6.96. The zero-order chi connectivity index (χ0) is 33.3. The molecule has 0 aliphatic rings. The monoisotopic (exact) mass is 614 g/mol. The molecule has 0 spiro atoms. The lowest BCUT2D eigenvalue weighted by Gasteiger charge is -2.27. The first-order valence-corrected chi connectivity index (χ1v) is 14.9. The van der Waals surface area contributed by atoms with Crippen molar-refractivity contribution in [2.24, 2.45) is 35.0 Å². The quantitative estimate of drug-likeness (QED) is 0.0630. The van der Waals surface area contributed by atoms with Crippen LogP contribution >= 0.6 is 0 Å². The van der Waals surface area contributed by atoms with Crippen molar-refractivity contribution in [1.82, 2.24) is 26.6 Å². The Hall–Kier alpha value is -3.30. The van der Waals surface area contributed by atoms with Gasteiger partial charge in [-0.1, -0.05) is 48.0 Å². The summed E-state index contributed by atoms with van der Waals surface area (Å²) in [6, 6.07) is -5.23. The summed E-state index contributed by atoms with van der Waals surface area (Å²) in [5.41, 5.74) is 16.8. The van der Waals surface area contributed by atoms with E-state index in [1.807, 2.05) is 13.8 Å². The molecule has 0 rings (SSSR count). The molecule has 6 amide bonds. The van der Waals surface area contributed by atoms with Crippen molar-refractivity contribution in [3.05, 3.63) is 0 Å². The molecule has 0 aromatic carbocycles. The molecule has 0 aromatic heterocycles. The van der Waals surface area contributed by atoms with Crippen molar-refractivity contribution in [2.45, 2.75) is 104 Å². The minimum atomic E-state index is -1.34. The Labute approximate surface area is 254 Å². The first-order valence-electron chi connectivity index (χ1n) is 14.9. The zero-order valence-electron chi connectivity index (χ0n) is 26.4. The lowest BCUT2D eigenvalue weighted by molar-refractivity contribution is -0.135. The van der Waals surface area contributed by atoms with Gasteiger partial charge in [0, 0.05) is 0 Å². The van der Waals surface area contributed by atoms with Crippen LogP contribution in [0.5, 0.6) is 0 Å². The van der Waals surface area contributed by atoms with Crippen LogP contribution in [-0.4, -0.2) is 90.5 Å². The maximum absolute atomic E-state index is 13.1. The summed E-state index contributed by atoms with van der Waals surface area (Å²) in [6.07, 6.45) is 2.24. The predicted molar refractivity (Wildman–Crippen MR) is 162 cm³/mol. The molecule has 0 fully saturated rings. The summed E-state index contributed by atoms with van der Waals surface area (Å²) in [4.78, 5) is 75.7. The van der Waals surface area contributed by atoms with Gasteiger partial charge in [0.15, 0.2) is 0 Å². The number of primary amides is 1. The number of nitrogens with two attached hydrogens (primary N) is 3. The fourth-order valence-corrected chi connectivity index (χ4v) is 4.15. The molecule has 0 saturated carbocycles. The molecule has 6 unspecified atom stereocenters. The van der Waals surface area contributed by atoms with Crippen molar-refractivity contribution in [2.75, 3.05) is 19.7 Å². The van der Waals surface area contributed by atoms with Crippen LogP contribution in [0.15, 0.2) is 0 Å². The Morgan fingerprint density at radius 3 is 1.84 bits per heavy atom. The van der Waals surface area contributed by atoms with E-state index >= 15 is 0 Å². The van der Waals surface area contributed by atoms with Crippen molar-refractivity contribution in [3.8, 4) is 0 Å². The highest BCUT2D eigenvalue weighted by Gasteiger charge is 2.31. The highest BCUT2D eigenvalue weighted by Crippen LogP contribution is 2.09. The summed E-state index contributed by atoms with van der Waals surface area (Å²) in [5.74, 6) is -4.54. The molecule has 15 nitrogen and oxygen atoms in total. The predicted octanol–water partition coefficient (Wildman–Crippen LogP) is -2.28. The summed E-state index contributed by atoms with van der Waals surface area (Å²) in [5, 5.41) is 22.3. The van der Waals surface area contributed by atoms with E-state index in [0.29, 0.717) is 32.2 Å². The van der Waals surface area contributed by atoms with E-state index in [0.717, 1.165) is 0 Å². The third-order valence-corrected chi connectivity index (χ3v) is 6.96. The fourth-order valence-electron chi connectivity index (χ4n) is 4.15. The van der Waals surface area contributed by atoms with Gasteiger partial charge in [0.25, 0.3) is 0 Å². The van der Waals surface area contributed by atoms with E-state index < -0.39 is 78.8 Å². The first kappa shape index (κ1) is 39.7. The van der Waals surface area contributed by atoms with Gasteiger partial charge in [-0.2, -0.15) is 0 Å². The van der Waals surface area contributed by atoms with Crippen LogP contribution in [0, 0.1) is 17.8 Å². The Morgan fingerprint density at radius 1 is 0.767 bits per heavy atom. The normalized spacial score (nSPS) is 15.4. The molecular weight excluding hydrogens is 560 g/mol. The van der Waals surface area contributed by atoms with Crippen molar-refractivity contribution >= 4 is 35.4 Å². The highest BCUT2D eigenvalue weighted by atomic mass is 16.3. The Balaban J connectivity index is 5.42. The molecule has 0 aliphatic carbocycles. The summed E-state index contributed by atoms with van der Waals surface area (Å²) in [7, 11) is 0. The van der Waals surface area contributed by atoms with E-state index in [9.17, 15) is 33.9 Å². The fraction of sp³-hybridized carbons (Fsp3) is 0.786. The summed E-state index contributed by atoms with van der Waals surface area (Å²) >= 11 is 0. The van der Waals surface area contributed by atoms with E-state index in [2.05, 4.69) is 26.6 Å². The second kappa shape index (κ2) is 20.6. The number of hydrogen-bond donors (Lipinski definition) is 9. The number of aliphatic hydroxyl groups excluding tert-OH is 1. The van der Waals surface area contributed by atoms with Crippen molar-refractivity contribution in [3.63, 3.8) is 0 Å². The molecule has 0 heterocycles. The molecule has 0 radical (unpaired) electrons. The van der Waals surface area contributed by atoms with Gasteiger partial charge in [-0.15, -0.1) is 0 Å². The minimum Gasteiger partial charge on any atom is -0.394 e. The van der Waals surface area contributed by atoms with Gasteiger partial charge < -0.3 is 48.9 Å². The van der Waals surface area contributed by atoms with Gasteiger partial charge >= 0.3 is 0 Å². The Bertz CT molecular complexity index is 931. The molecule has 43 heavy (non-hydrogen) atoms. The molecule has 12 N–H and O–H groups in total. The van der Waals surface area contributed by atoms with Crippen LogP contribution in [-0.2, 0) is 28.8 Å². The van der Waals surface area contributed by atoms with Gasteiger partial charge in [0.05, 0.1) is 19.2 Å². The molecule has 0 aromatic rings. The smallest absolute Gasteiger partial charge is 0.245 e. The van der Waals surface area contributed by atoms with Crippen molar-refractivity contribution in [1.29, 1.82) is 0 Å². The number of hydrogen-bond acceptors (Lipinski definition) is 9. The van der Waals surface area contributed by atoms with E-state index in [1.165, 1.54) is 0 Å². The van der Waals surface area contributed by atoms with Gasteiger partial charge in [-0.3, -0.25) is 28.8 Å². The largest absolute Gasteiger partial charge is 0.394 e. The van der Waals surface area contributed by atoms with E-state index in [-0.39, 0.29) is 24.2 Å². The van der Waals surface area contributed by atoms with Gasteiger partial charge in [-0.25, -0.2) is 0 Å². The molecule has 0 aliphatic heterocycles. The lowest BCUT2D eigenvalue weighted by Crippen LogP contribution is -2.59. The van der Waals surface area contributed by atoms with Crippen LogP contribution in [0.3, 0.4) is 0 Å². The molecule has 248 valence electrons. The summed E-state index contributed by atoms with van der Waals surface area (Å²) < 4.78 is 0. The van der Waals surface area contributed by atoms with Gasteiger partial charge in [-0.05, 0) is 50.0 Å². The second-order valence-electron chi connectivity index (χ2n) is 11.6.